The number of carbonyl (C=O) groups excluding carboxylic acids is 2. The van der Waals surface area contributed by atoms with Crippen molar-refractivity contribution in [3.8, 4) is 0 Å². The first-order valence-electron chi connectivity index (χ1n) is 5.70. The molecule has 1 aromatic rings. The van der Waals surface area contributed by atoms with Gasteiger partial charge in [-0.2, -0.15) is 0 Å². The van der Waals surface area contributed by atoms with Gasteiger partial charge in [0.1, 0.15) is 0 Å². The van der Waals surface area contributed by atoms with Crippen molar-refractivity contribution in [1.82, 2.24) is 0 Å². The predicted molar refractivity (Wildman–Crippen MR) is 69.0 cm³/mol. The van der Waals surface area contributed by atoms with Gasteiger partial charge in [-0.05, 0) is 61.1 Å². The van der Waals surface area contributed by atoms with Crippen LogP contribution in [-0.4, -0.2) is 12.2 Å². The Morgan fingerprint density at radius 2 is 1.06 bits per heavy atom. The van der Waals surface area contributed by atoms with Crippen molar-refractivity contribution >= 4 is 12.2 Å². The summed E-state index contributed by atoms with van der Waals surface area (Å²) >= 11 is 0. The first kappa shape index (κ1) is 14.0. The van der Waals surface area contributed by atoms with Crippen LogP contribution in [0.15, 0.2) is 9.98 Å². The number of isocyanates is 2. The van der Waals surface area contributed by atoms with Crippen LogP contribution in [0, 0.1) is 27.7 Å². The molecule has 4 heteroatoms. The number of benzene rings is 1. The predicted octanol–water partition coefficient (Wildman–Crippen LogP) is 2.59. The minimum Gasteiger partial charge on any atom is -0.211 e. The lowest BCUT2D eigenvalue weighted by Crippen LogP contribution is -2.05. The van der Waals surface area contributed by atoms with Gasteiger partial charge in [0.25, 0.3) is 0 Å². The Hall–Kier alpha value is -2.02. The van der Waals surface area contributed by atoms with Gasteiger partial charge in [-0.3, -0.25) is 0 Å². The molecule has 0 aliphatic heterocycles. The van der Waals surface area contributed by atoms with Crippen LogP contribution in [0.1, 0.15) is 33.4 Å². The Kier molecular flexibility index (Phi) is 4.73. The van der Waals surface area contributed by atoms with E-state index in [4.69, 9.17) is 0 Å². The fourth-order valence-electron chi connectivity index (χ4n) is 2.12. The first-order chi connectivity index (χ1) is 8.54. The van der Waals surface area contributed by atoms with Crippen molar-refractivity contribution in [3.05, 3.63) is 33.4 Å². The zero-order valence-corrected chi connectivity index (χ0v) is 11.1. The summed E-state index contributed by atoms with van der Waals surface area (Å²) in [6, 6.07) is 0. The average Bonchev–Trinajstić information content (AvgIpc) is 2.38. The lowest BCUT2D eigenvalue weighted by molar-refractivity contribution is 0.561. The standard InChI is InChI=1S/C14H16N2O2/c1-9-10(2)12(4)14(6-16-8-18)13(11(9)3)5-15-7-17/h5-6H2,1-4H3. The van der Waals surface area contributed by atoms with Crippen LogP contribution in [-0.2, 0) is 22.7 Å². The van der Waals surface area contributed by atoms with E-state index in [-0.39, 0.29) is 13.1 Å². The molecular weight excluding hydrogens is 228 g/mol. The van der Waals surface area contributed by atoms with Crippen LogP contribution in [0.3, 0.4) is 0 Å². The molecule has 0 aromatic heterocycles. The van der Waals surface area contributed by atoms with Crippen LogP contribution in [0.25, 0.3) is 0 Å². The van der Waals surface area contributed by atoms with Crippen LogP contribution >= 0.6 is 0 Å². The minimum atomic E-state index is 0.279. The molecule has 94 valence electrons. The lowest BCUT2D eigenvalue weighted by atomic mass is 9.89. The van der Waals surface area contributed by atoms with Crippen molar-refractivity contribution in [2.75, 3.05) is 0 Å². The highest BCUT2D eigenvalue weighted by atomic mass is 16.1. The Morgan fingerprint density at radius 1 is 0.722 bits per heavy atom. The van der Waals surface area contributed by atoms with Gasteiger partial charge in [0.2, 0.25) is 12.2 Å². The SMILES string of the molecule is Cc1c(C)c(C)c(CN=C=O)c(CN=C=O)c1C. The maximum atomic E-state index is 10.3. The van der Waals surface area contributed by atoms with Crippen molar-refractivity contribution in [2.45, 2.75) is 40.8 Å². The molecule has 18 heavy (non-hydrogen) atoms. The van der Waals surface area contributed by atoms with E-state index in [1.54, 1.807) is 12.2 Å². The highest BCUT2D eigenvalue weighted by molar-refractivity contribution is 5.51. The Labute approximate surface area is 106 Å². The Balaban J connectivity index is 3.51. The highest BCUT2D eigenvalue weighted by Crippen LogP contribution is 2.27. The maximum absolute atomic E-state index is 10.3. The maximum Gasteiger partial charge on any atom is 0.235 e. The number of rotatable bonds is 4. The molecule has 4 nitrogen and oxygen atoms in total. The van der Waals surface area contributed by atoms with Crippen molar-refractivity contribution < 1.29 is 9.59 Å². The molecule has 0 aliphatic carbocycles. The van der Waals surface area contributed by atoms with E-state index in [2.05, 4.69) is 9.98 Å². The summed E-state index contributed by atoms with van der Waals surface area (Å²) in [7, 11) is 0. The summed E-state index contributed by atoms with van der Waals surface area (Å²) in [4.78, 5) is 27.8. The van der Waals surface area contributed by atoms with Gasteiger partial charge >= 0.3 is 0 Å². The molecule has 0 atom stereocenters. The zero-order chi connectivity index (χ0) is 13.7. The molecule has 1 aromatic carbocycles. The summed E-state index contributed by atoms with van der Waals surface area (Å²) in [6.07, 6.45) is 3.09. The summed E-state index contributed by atoms with van der Waals surface area (Å²) in [5.41, 5.74) is 6.46. The third kappa shape index (κ3) is 2.62. The third-order valence-electron chi connectivity index (χ3n) is 3.56. The summed E-state index contributed by atoms with van der Waals surface area (Å²) < 4.78 is 0. The minimum absolute atomic E-state index is 0.279. The largest absolute Gasteiger partial charge is 0.235 e. The van der Waals surface area contributed by atoms with E-state index in [0.29, 0.717) is 0 Å². The molecule has 0 radical (unpaired) electrons. The topological polar surface area (TPSA) is 58.9 Å². The van der Waals surface area contributed by atoms with Gasteiger partial charge in [0, 0.05) is 0 Å². The molecule has 0 amide bonds. The van der Waals surface area contributed by atoms with Gasteiger partial charge in [0.05, 0.1) is 13.1 Å². The van der Waals surface area contributed by atoms with E-state index >= 15 is 0 Å². The molecular formula is C14H16N2O2. The molecule has 0 heterocycles. The van der Waals surface area contributed by atoms with Crippen molar-refractivity contribution in [2.24, 2.45) is 9.98 Å². The average molecular weight is 244 g/mol. The molecule has 1 rings (SSSR count). The van der Waals surface area contributed by atoms with Crippen LogP contribution in [0.4, 0.5) is 0 Å². The lowest BCUT2D eigenvalue weighted by Gasteiger charge is -2.18. The molecule has 0 N–H and O–H groups in total. The fourth-order valence-corrected chi connectivity index (χ4v) is 2.12. The second-order valence-corrected chi connectivity index (χ2v) is 4.27. The first-order valence-corrected chi connectivity index (χ1v) is 5.70. The quantitative estimate of drug-likeness (QED) is 0.603. The van der Waals surface area contributed by atoms with Crippen LogP contribution < -0.4 is 0 Å². The Morgan fingerprint density at radius 3 is 1.33 bits per heavy atom. The van der Waals surface area contributed by atoms with E-state index in [1.165, 1.54) is 11.1 Å². The molecule has 0 aliphatic rings. The molecule has 0 bridgehead atoms. The zero-order valence-electron chi connectivity index (χ0n) is 11.1. The molecule has 0 fully saturated rings. The summed E-state index contributed by atoms with van der Waals surface area (Å²) in [6.45, 7) is 8.62. The van der Waals surface area contributed by atoms with E-state index in [0.717, 1.165) is 22.3 Å². The number of aliphatic imine (C=N–C) groups is 2. The highest BCUT2D eigenvalue weighted by Gasteiger charge is 2.14. The number of hydrogen-bond donors (Lipinski definition) is 0. The summed E-state index contributed by atoms with van der Waals surface area (Å²) in [5, 5.41) is 0. The smallest absolute Gasteiger partial charge is 0.211 e. The van der Waals surface area contributed by atoms with E-state index < -0.39 is 0 Å². The normalized spacial score (nSPS) is 9.56. The monoisotopic (exact) mass is 244 g/mol. The van der Waals surface area contributed by atoms with Gasteiger partial charge < -0.3 is 0 Å². The third-order valence-corrected chi connectivity index (χ3v) is 3.56. The van der Waals surface area contributed by atoms with Gasteiger partial charge in [0.15, 0.2) is 0 Å². The van der Waals surface area contributed by atoms with Crippen LogP contribution in [0.2, 0.25) is 0 Å². The van der Waals surface area contributed by atoms with E-state index in [9.17, 15) is 9.59 Å². The fraction of sp³-hybridized carbons (Fsp3) is 0.429. The van der Waals surface area contributed by atoms with Gasteiger partial charge in [-0.15, -0.1) is 0 Å². The van der Waals surface area contributed by atoms with Crippen molar-refractivity contribution in [1.29, 1.82) is 0 Å². The molecule has 0 unspecified atom stereocenters. The second-order valence-electron chi connectivity index (χ2n) is 4.27. The molecule has 0 saturated heterocycles. The number of nitrogens with zero attached hydrogens (tertiary/aromatic N) is 2. The second kappa shape index (κ2) is 6.06. The Bertz CT molecular complexity index is 513. The van der Waals surface area contributed by atoms with Gasteiger partial charge in [-0.1, -0.05) is 0 Å². The van der Waals surface area contributed by atoms with E-state index in [1.807, 2.05) is 27.7 Å². The van der Waals surface area contributed by atoms with Crippen LogP contribution in [0.5, 0.6) is 0 Å². The van der Waals surface area contributed by atoms with Gasteiger partial charge in [-0.25, -0.2) is 19.6 Å². The number of hydrogen-bond acceptors (Lipinski definition) is 4. The summed E-state index contributed by atoms with van der Waals surface area (Å²) in [5.74, 6) is 0. The molecule has 0 spiro atoms. The molecule has 0 saturated carbocycles. The van der Waals surface area contributed by atoms with Crippen molar-refractivity contribution in [3.63, 3.8) is 0 Å².